The maximum atomic E-state index is 12.3. The lowest BCUT2D eigenvalue weighted by Gasteiger charge is -2.19. The smallest absolute Gasteiger partial charge is 0.426 e. The summed E-state index contributed by atoms with van der Waals surface area (Å²) in [5, 5.41) is 0.535. The summed E-state index contributed by atoms with van der Waals surface area (Å²) in [4.78, 5) is 29.2. The number of hydrogen-bond donors (Lipinski definition) is 2. The molecule has 0 spiro atoms. The Bertz CT molecular complexity index is 760. The van der Waals surface area contributed by atoms with Crippen LogP contribution in [-0.4, -0.2) is 22.6 Å². The summed E-state index contributed by atoms with van der Waals surface area (Å²) in [6.07, 6.45) is 0.881. The number of benzene rings is 1. The summed E-state index contributed by atoms with van der Waals surface area (Å²) in [5.41, 5.74) is 4.27. The van der Waals surface area contributed by atoms with Crippen molar-refractivity contribution in [2.45, 2.75) is 36.3 Å². The molecule has 0 atom stereocenters. The number of pyridine rings is 1. The topological polar surface area (TPSA) is 80.3 Å². The third-order valence-corrected chi connectivity index (χ3v) is 4.28. The first-order chi connectivity index (χ1) is 11.7. The van der Waals surface area contributed by atoms with Crippen LogP contribution in [0.1, 0.15) is 31.1 Å². The molecule has 1 heterocycles. The van der Waals surface area contributed by atoms with Crippen LogP contribution < -0.4 is 10.9 Å². The van der Waals surface area contributed by atoms with Crippen LogP contribution in [0, 0.1) is 0 Å². The van der Waals surface area contributed by atoms with Gasteiger partial charge in [-0.3, -0.25) is 10.2 Å². The molecule has 6 nitrogen and oxygen atoms in total. The van der Waals surface area contributed by atoms with Gasteiger partial charge in [0.25, 0.3) is 5.91 Å². The van der Waals surface area contributed by atoms with Crippen LogP contribution in [0.25, 0.3) is 0 Å². The lowest BCUT2D eigenvalue weighted by Crippen LogP contribution is -2.44. The molecule has 0 bridgehead atoms. The molecule has 0 saturated carbocycles. The molecule has 0 fully saturated rings. The van der Waals surface area contributed by atoms with Crippen molar-refractivity contribution >= 4 is 39.7 Å². The molecule has 0 saturated heterocycles. The summed E-state index contributed by atoms with van der Waals surface area (Å²) >= 11 is 4.74. The van der Waals surface area contributed by atoms with Crippen LogP contribution in [0.5, 0.6) is 0 Å². The molecule has 2 rings (SSSR count). The minimum absolute atomic E-state index is 0.353. The molecule has 25 heavy (non-hydrogen) atoms. The van der Waals surface area contributed by atoms with E-state index in [1.165, 1.54) is 11.8 Å². The number of ether oxygens (including phenoxy) is 1. The summed E-state index contributed by atoms with van der Waals surface area (Å²) in [6, 6.07) is 11.0. The maximum Gasteiger partial charge on any atom is 0.426 e. The number of hydrogen-bond acceptors (Lipinski definition) is 5. The van der Waals surface area contributed by atoms with Gasteiger partial charge in [-0.1, -0.05) is 27.7 Å². The maximum absolute atomic E-state index is 12.3. The van der Waals surface area contributed by atoms with Crippen LogP contribution in [0.3, 0.4) is 0 Å². The average Bonchev–Trinajstić information content (AvgIpc) is 2.54. The number of halogens is 1. The standard InChI is InChI=1S/C17H18BrN3O3S/c1-17(2,3)24-16(23)21-20-14(22)13-5-4-10-19-15(13)25-12-8-6-11(18)7-9-12/h4-10H,1-3H3,(H,20,22)(H,21,23). The van der Waals surface area contributed by atoms with Crippen molar-refractivity contribution < 1.29 is 14.3 Å². The van der Waals surface area contributed by atoms with Crippen molar-refractivity contribution in [3.8, 4) is 0 Å². The zero-order valence-corrected chi connectivity index (χ0v) is 16.4. The van der Waals surface area contributed by atoms with E-state index in [-0.39, 0.29) is 0 Å². The van der Waals surface area contributed by atoms with E-state index < -0.39 is 17.6 Å². The van der Waals surface area contributed by atoms with Gasteiger partial charge in [0.1, 0.15) is 10.6 Å². The fourth-order valence-electron chi connectivity index (χ4n) is 1.74. The van der Waals surface area contributed by atoms with Crippen molar-refractivity contribution in [1.29, 1.82) is 0 Å². The average molecular weight is 424 g/mol. The van der Waals surface area contributed by atoms with Gasteiger partial charge in [0.2, 0.25) is 0 Å². The highest BCUT2D eigenvalue weighted by atomic mass is 79.9. The Balaban J connectivity index is 2.05. The van der Waals surface area contributed by atoms with Gasteiger partial charge in [-0.15, -0.1) is 0 Å². The van der Waals surface area contributed by atoms with E-state index >= 15 is 0 Å². The number of amides is 2. The Kier molecular flexibility index (Phi) is 6.44. The minimum Gasteiger partial charge on any atom is -0.443 e. The number of hydrazine groups is 1. The van der Waals surface area contributed by atoms with E-state index in [0.717, 1.165) is 9.37 Å². The molecule has 0 unspecified atom stereocenters. The molecular weight excluding hydrogens is 406 g/mol. The number of rotatable bonds is 3. The quantitative estimate of drug-likeness (QED) is 0.724. The molecule has 1 aromatic heterocycles. The van der Waals surface area contributed by atoms with Gasteiger partial charge in [-0.2, -0.15) is 0 Å². The van der Waals surface area contributed by atoms with Gasteiger partial charge in [0, 0.05) is 15.6 Å². The highest BCUT2D eigenvalue weighted by molar-refractivity contribution is 9.10. The van der Waals surface area contributed by atoms with Gasteiger partial charge in [-0.05, 0) is 57.2 Å². The SMILES string of the molecule is CC(C)(C)OC(=O)NNC(=O)c1cccnc1Sc1ccc(Br)cc1. The molecule has 132 valence electrons. The Labute approximate surface area is 158 Å². The fraction of sp³-hybridized carbons (Fsp3) is 0.235. The second-order valence-electron chi connectivity index (χ2n) is 5.99. The molecule has 2 N–H and O–H groups in total. The van der Waals surface area contributed by atoms with Gasteiger partial charge < -0.3 is 4.74 Å². The van der Waals surface area contributed by atoms with Gasteiger partial charge in [0.05, 0.1) is 5.56 Å². The molecule has 2 amide bonds. The third kappa shape index (κ3) is 6.39. The Hall–Kier alpha value is -2.06. The normalized spacial score (nSPS) is 10.9. The van der Waals surface area contributed by atoms with Crippen LogP contribution >= 0.6 is 27.7 Å². The van der Waals surface area contributed by atoms with Crippen molar-refractivity contribution in [2.24, 2.45) is 0 Å². The molecule has 1 aromatic carbocycles. The number of carbonyl (C=O) groups is 2. The molecule has 0 aliphatic rings. The van der Waals surface area contributed by atoms with Gasteiger partial charge >= 0.3 is 6.09 Å². The molecule has 0 radical (unpaired) electrons. The fourth-order valence-corrected chi connectivity index (χ4v) is 2.88. The predicted molar refractivity (Wildman–Crippen MR) is 99.3 cm³/mol. The first kappa shape index (κ1) is 19.3. The third-order valence-electron chi connectivity index (χ3n) is 2.72. The molecule has 0 aliphatic carbocycles. The van der Waals surface area contributed by atoms with E-state index in [2.05, 4.69) is 31.8 Å². The predicted octanol–water partition coefficient (Wildman–Crippen LogP) is 4.16. The first-order valence-electron chi connectivity index (χ1n) is 7.42. The number of nitrogens with zero attached hydrogens (tertiary/aromatic N) is 1. The van der Waals surface area contributed by atoms with Crippen molar-refractivity contribution in [3.05, 3.63) is 52.6 Å². The van der Waals surface area contributed by atoms with E-state index in [0.29, 0.717) is 10.6 Å². The Morgan fingerprint density at radius 2 is 1.80 bits per heavy atom. The summed E-state index contributed by atoms with van der Waals surface area (Å²) in [7, 11) is 0. The van der Waals surface area contributed by atoms with Crippen LogP contribution in [0.4, 0.5) is 4.79 Å². The largest absolute Gasteiger partial charge is 0.443 e. The number of aromatic nitrogens is 1. The molecule has 8 heteroatoms. The zero-order chi connectivity index (χ0) is 18.4. The van der Waals surface area contributed by atoms with Gasteiger partial charge in [0.15, 0.2) is 0 Å². The van der Waals surface area contributed by atoms with Crippen LogP contribution in [-0.2, 0) is 4.74 Å². The lowest BCUT2D eigenvalue weighted by molar-refractivity contribution is 0.0483. The van der Waals surface area contributed by atoms with E-state index in [4.69, 9.17) is 4.74 Å². The van der Waals surface area contributed by atoms with E-state index in [1.807, 2.05) is 24.3 Å². The second-order valence-corrected chi connectivity index (χ2v) is 7.97. The minimum atomic E-state index is -0.730. The van der Waals surface area contributed by atoms with E-state index in [9.17, 15) is 9.59 Å². The first-order valence-corrected chi connectivity index (χ1v) is 9.03. The monoisotopic (exact) mass is 423 g/mol. The summed E-state index contributed by atoms with van der Waals surface area (Å²) in [5.74, 6) is -0.474. The van der Waals surface area contributed by atoms with Crippen LogP contribution in [0.2, 0.25) is 0 Å². The Morgan fingerprint density at radius 3 is 2.44 bits per heavy atom. The van der Waals surface area contributed by atoms with E-state index in [1.54, 1.807) is 39.1 Å². The highest BCUT2D eigenvalue weighted by Crippen LogP contribution is 2.29. The zero-order valence-electron chi connectivity index (χ0n) is 14.0. The summed E-state index contributed by atoms with van der Waals surface area (Å²) in [6.45, 7) is 5.22. The highest BCUT2D eigenvalue weighted by Gasteiger charge is 2.18. The van der Waals surface area contributed by atoms with Gasteiger partial charge in [-0.25, -0.2) is 15.2 Å². The molecule has 0 aliphatic heterocycles. The number of carbonyl (C=O) groups excluding carboxylic acids is 2. The van der Waals surface area contributed by atoms with Crippen LogP contribution in [0.15, 0.2) is 57.0 Å². The van der Waals surface area contributed by atoms with Crippen molar-refractivity contribution in [1.82, 2.24) is 15.8 Å². The number of nitrogens with one attached hydrogen (secondary N) is 2. The van der Waals surface area contributed by atoms with Crippen molar-refractivity contribution in [2.75, 3.05) is 0 Å². The lowest BCUT2D eigenvalue weighted by atomic mass is 10.2. The van der Waals surface area contributed by atoms with Crippen molar-refractivity contribution in [3.63, 3.8) is 0 Å². The summed E-state index contributed by atoms with van der Waals surface area (Å²) < 4.78 is 6.04. The molecule has 2 aromatic rings. The Morgan fingerprint density at radius 1 is 1.12 bits per heavy atom. The molecular formula is C17H18BrN3O3S. The second kappa shape index (κ2) is 8.35.